The van der Waals surface area contributed by atoms with Crippen molar-refractivity contribution >= 4 is 5.91 Å². The van der Waals surface area contributed by atoms with E-state index in [0.29, 0.717) is 17.5 Å². The molecular formula is C19H27N5O. The first-order chi connectivity index (χ1) is 12.2. The number of nitrogens with zero attached hydrogens (tertiary/aromatic N) is 5. The normalized spacial score (nSPS) is 18.7. The lowest BCUT2D eigenvalue weighted by Gasteiger charge is -2.32. The number of hydrogen-bond donors (Lipinski definition) is 0. The first-order valence-electron chi connectivity index (χ1n) is 9.50. The van der Waals surface area contributed by atoms with Crippen molar-refractivity contribution in [2.45, 2.75) is 58.5 Å². The van der Waals surface area contributed by atoms with Crippen LogP contribution in [0.4, 0.5) is 0 Å². The molecule has 1 aliphatic heterocycles. The van der Waals surface area contributed by atoms with Crippen LogP contribution in [0.25, 0.3) is 0 Å². The van der Waals surface area contributed by atoms with E-state index in [0.717, 1.165) is 39.0 Å². The van der Waals surface area contributed by atoms with Gasteiger partial charge in [-0.2, -0.15) is 5.10 Å². The Morgan fingerprint density at radius 1 is 1.24 bits per heavy atom. The lowest BCUT2D eigenvalue weighted by atomic mass is 9.96. The molecule has 4 rings (SSSR count). The van der Waals surface area contributed by atoms with Gasteiger partial charge in [0.15, 0.2) is 0 Å². The van der Waals surface area contributed by atoms with Crippen molar-refractivity contribution in [1.29, 1.82) is 0 Å². The Hall–Kier alpha value is -2.11. The molecule has 0 unspecified atom stereocenters. The number of hydrogen-bond acceptors (Lipinski definition) is 3. The van der Waals surface area contributed by atoms with Crippen LogP contribution in [0.3, 0.4) is 0 Å². The van der Waals surface area contributed by atoms with E-state index in [1.54, 1.807) is 4.68 Å². The summed E-state index contributed by atoms with van der Waals surface area (Å²) in [4.78, 5) is 19.2. The van der Waals surface area contributed by atoms with E-state index in [-0.39, 0.29) is 5.91 Å². The van der Waals surface area contributed by atoms with Crippen molar-refractivity contribution in [1.82, 2.24) is 24.2 Å². The van der Waals surface area contributed by atoms with E-state index in [4.69, 9.17) is 0 Å². The predicted octanol–water partition coefficient (Wildman–Crippen LogP) is 2.84. The second-order valence-corrected chi connectivity index (χ2v) is 7.43. The molecular weight excluding hydrogens is 314 g/mol. The van der Waals surface area contributed by atoms with Crippen LogP contribution in [-0.2, 0) is 13.1 Å². The Balaban J connectivity index is 1.35. The van der Waals surface area contributed by atoms with Gasteiger partial charge in [-0.25, -0.2) is 4.98 Å². The molecule has 2 fully saturated rings. The summed E-state index contributed by atoms with van der Waals surface area (Å²) in [7, 11) is 0. The van der Waals surface area contributed by atoms with Crippen molar-refractivity contribution in [3.05, 3.63) is 35.7 Å². The van der Waals surface area contributed by atoms with Gasteiger partial charge in [-0.05, 0) is 51.5 Å². The lowest BCUT2D eigenvalue weighted by Crippen LogP contribution is -2.39. The third-order valence-electron chi connectivity index (χ3n) is 5.55. The van der Waals surface area contributed by atoms with Crippen LogP contribution in [-0.4, -0.2) is 43.2 Å². The fourth-order valence-electron chi connectivity index (χ4n) is 3.78. The third kappa shape index (κ3) is 3.34. The summed E-state index contributed by atoms with van der Waals surface area (Å²) in [6.07, 6.45) is 8.57. The van der Waals surface area contributed by atoms with E-state index >= 15 is 0 Å². The number of piperidine rings is 1. The van der Waals surface area contributed by atoms with Crippen LogP contribution in [0.1, 0.15) is 60.5 Å². The standard InChI is InChI=1S/C19H27N5O/c1-3-23-11-8-17(21-23)19(25)22-9-6-15(7-10-22)13-24-14(2)12-20-18(24)16-4-5-16/h8,11-12,15-16H,3-7,9-10,13H2,1-2H3. The van der Waals surface area contributed by atoms with Crippen molar-refractivity contribution in [2.24, 2.45) is 5.92 Å². The highest BCUT2D eigenvalue weighted by molar-refractivity contribution is 5.92. The van der Waals surface area contributed by atoms with E-state index in [1.807, 2.05) is 30.3 Å². The number of imidazole rings is 1. The first kappa shape index (κ1) is 16.4. The van der Waals surface area contributed by atoms with Gasteiger partial charge in [-0.15, -0.1) is 0 Å². The van der Waals surface area contributed by atoms with Crippen molar-refractivity contribution in [2.75, 3.05) is 13.1 Å². The Morgan fingerprint density at radius 2 is 2.00 bits per heavy atom. The maximum Gasteiger partial charge on any atom is 0.274 e. The number of aryl methyl sites for hydroxylation is 2. The van der Waals surface area contributed by atoms with Gasteiger partial charge in [0.1, 0.15) is 11.5 Å². The molecule has 1 aliphatic carbocycles. The molecule has 1 saturated heterocycles. The molecule has 0 aromatic carbocycles. The van der Waals surface area contributed by atoms with Gasteiger partial charge in [-0.3, -0.25) is 9.48 Å². The number of carbonyl (C=O) groups excluding carboxylic acids is 1. The molecule has 1 saturated carbocycles. The fourth-order valence-corrected chi connectivity index (χ4v) is 3.78. The maximum atomic E-state index is 12.6. The zero-order chi connectivity index (χ0) is 17.4. The quantitative estimate of drug-likeness (QED) is 0.840. The topological polar surface area (TPSA) is 56.0 Å². The lowest BCUT2D eigenvalue weighted by molar-refractivity contribution is 0.0675. The van der Waals surface area contributed by atoms with E-state index in [1.165, 1.54) is 24.4 Å². The molecule has 0 radical (unpaired) electrons. The molecule has 0 spiro atoms. The SMILES string of the molecule is CCn1ccc(C(=O)N2CCC(Cn3c(C)cnc3C3CC3)CC2)n1. The average Bonchev–Trinajstić information content (AvgIpc) is 3.25. The van der Waals surface area contributed by atoms with Crippen LogP contribution in [0.5, 0.6) is 0 Å². The molecule has 0 bridgehead atoms. The maximum absolute atomic E-state index is 12.6. The molecule has 25 heavy (non-hydrogen) atoms. The van der Waals surface area contributed by atoms with Crippen LogP contribution in [0.15, 0.2) is 18.5 Å². The molecule has 2 aliphatic rings. The summed E-state index contributed by atoms with van der Waals surface area (Å²) in [5, 5.41) is 4.35. The van der Waals surface area contributed by atoms with Crippen molar-refractivity contribution < 1.29 is 4.79 Å². The number of rotatable bonds is 5. The molecule has 3 heterocycles. The van der Waals surface area contributed by atoms with Crippen LogP contribution in [0.2, 0.25) is 0 Å². The van der Waals surface area contributed by atoms with Gasteiger partial charge in [0.05, 0.1) is 0 Å². The zero-order valence-corrected chi connectivity index (χ0v) is 15.2. The molecule has 0 N–H and O–H groups in total. The highest BCUT2D eigenvalue weighted by Crippen LogP contribution is 2.40. The predicted molar refractivity (Wildman–Crippen MR) is 95.5 cm³/mol. The highest BCUT2D eigenvalue weighted by atomic mass is 16.2. The summed E-state index contributed by atoms with van der Waals surface area (Å²) >= 11 is 0. The van der Waals surface area contributed by atoms with E-state index < -0.39 is 0 Å². The minimum Gasteiger partial charge on any atom is -0.337 e. The minimum atomic E-state index is 0.0723. The van der Waals surface area contributed by atoms with Crippen LogP contribution < -0.4 is 0 Å². The molecule has 1 amide bonds. The number of amides is 1. The summed E-state index contributed by atoms with van der Waals surface area (Å²) in [6, 6.07) is 1.83. The highest BCUT2D eigenvalue weighted by Gasteiger charge is 2.30. The monoisotopic (exact) mass is 341 g/mol. The van der Waals surface area contributed by atoms with E-state index in [9.17, 15) is 4.79 Å². The van der Waals surface area contributed by atoms with Gasteiger partial charge in [0.25, 0.3) is 5.91 Å². The summed E-state index contributed by atoms with van der Waals surface area (Å²) in [6.45, 7) is 7.68. The summed E-state index contributed by atoms with van der Waals surface area (Å²) in [5.41, 5.74) is 1.84. The summed E-state index contributed by atoms with van der Waals surface area (Å²) < 4.78 is 4.23. The van der Waals surface area contributed by atoms with Crippen LogP contribution >= 0.6 is 0 Å². The molecule has 2 aromatic heterocycles. The van der Waals surface area contributed by atoms with Crippen LogP contribution in [0, 0.1) is 12.8 Å². The largest absolute Gasteiger partial charge is 0.337 e. The van der Waals surface area contributed by atoms with Gasteiger partial charge in [0.2, 0.25) is 0 Å². The van der Waals surface area contributed by atoms with Crippen molar-refractivity contribution in [3.63, 3.8) is 0 Å². The number of carbonyl (C=O) groups is 1. The van der Waals surface area contributed by atoms with Gasteiger partial charge >= 0.3 is 0 Å². The van der Waals surface area contributed by atoms with Gasteiger partial charge in [0, 0.05) is 50.2 Å². The minimum absolute atomic E-state index is 0.0723. The fraction of sp³-hybridized carbons (Fsp3) is 0.632. The van der Waals surface area contributed by atoms with Gasteiger partial charge < -0.3 is 9.47 Å². The summed E-state index contributed by atoms with van der Waals surface area (Å²) in [5.74, 6) is 2.66. The molecule has 2 aromatic rings. The second kappa shape index (κ2) is 6.65. The Morgan fingerprint density at radius 3 is 2.64 bits per heavy atom. The van der Waals surface area contributed by atoms with Gasteiger partial charge in [-0.1, -0.05) is 0 Å². The zero-order valence-electron chi connectivity index (χ0n) is 15.2. The van der Waals surface area contributed by atoms with Crippen molar-refractivity contribution in [3.8, 4) is 0 Å². The molecule has 134 valence electrons. The smallest absolute Gasteiger partial charge is 0.274 e. The first-order valence-corrected chi connectivity index (χ1v) is 9.50. The molecule has 6 heteroatoms. The Kier molecular flexibility index (Phi) is 4.36. The number of aromatic nitrogens is 4. The Bertz CT molecular complexity index is 750. The average molecular weight is 341 g/mol. The molecule has 6 nitrogen and oxygen atoms in total. The third-order valence-corrected chi connectivity index (χ3v) is 5.55. The second-order valence-electron chi connectivity index (χ2n) is 7.43. The molecule has 0 atom stereocenters. The van der Waals surface area contributed by atoms with E-state index in [2.05, 4.69) is 21.6 Å². The Labute approximate surface area is 148 Å². The number of likely N-dealkylation sites (tertiary alicyclic amines) is 1.